The van der Waals surface area contributed by atoms with Crippen molar-refractivity contribution in [1.82, 2.24) is 0 Å². The summed E-state index contributed by atoms with van der Waals surface area (Å²) in [5, 5.41) is 0.104. The van der Waals surface area contributed by atoms with Gasteiger partial charge in [0.1, 0.15) is 0 Å². The molecule has 1 heterocycles. The van der Waals surface area contributed by atoms with Crippen molar-refractivity contribution < 1.29 is 4.79 Å². The Hall–Kier alpha value is -1.29. The normalized spacial score (nSPS) is 16.0. The first-order chi connectivity index (χ1) is 6.25. The first kappa shape index (κ1) is 8.31. The van der Waals surface area contributed by atoms with Crippen LogP contribution in [0.1, 0.15) is 12.0 Å². The fourth-order valence-electron chi connectivity index (χ4n) is 1.14. The zero-order valence-electron chi connectivity index (χ0n) is 6.86. The Bertz CT molecular complexity index is 370. The third-order valence-corrected chi connectivity index (χ3v) is 2.47. The lowest BCUT2D eigenvalue weighted by atomic mass is 10.1. The van der Waals surface area contributed by atoms with E-state index in [-0.39, 0.29) is 5.12 Å². The summed E-state index contributed by atoms with van der Waals surface area (Å²) in [6.07, 6.45) is 0.425. The zero-order chi connectivity index (χ0) is 9.26. The SMILES string of the molecule is Nc1ccc(C2=NSC(=O)C2)cc1. The Morgan fingerprint density at radius 3 is 2.54 bits per heavy atom. The largest absolute Gasteiger partial charge is 0.399 e. The Labute approximate surface area is 80.2 Å². The van der Waals surface area contributed by atoms with Crippen LogP contribution in [0, 0.1) is 0 Å². The summed E-state index contributed by atoms with van der Waals surface area (Å²) in [6, 6.07) is 7.39. The molecule has 0 amide bonds. The first-order valence-electron chi connectivity index (χ1n) is 3.88. The Kier molecular flexibility index (Phi) is 2.06. The van der Waals surface area contributed by atoms with E-state index in [0.29, 0.717) is 6.42 Å². The number of hydrogen-bond acceptors (Lipinski definition) is 4. The summed E-state index contributed by atoms with van der Waals surface area (Å²) in [4.78, 5) is 10.9. The Morgan fingerprint density at radius 1 is 1.31 bits per heavy atom. The van der Waals surface area contributed by atoms with E-state index < -0.39 is 0 Å². The van der Waals surface area contributed by atoms with Gasteiger partial charge in [-0.25, -0.2) is 4.40 Å². The van der Waals surface area contributed by atoms with E-state index in [1.807, 2.05) is 24.3 Å². The van der Waals surface area contributed by atoms with E-state index in [1.165, 1.54) is 0 Å². The van der Waals surface area contributed by atoms with Crippen LogP contribution in [0.25, 0.3) is 0 Å². The smallest absolute Gasteiger partial charge is 0.217 e. The Morgan fingerprint density at radius 2 is 2.00 bits per heavy atom. The minimum absolute atomic E-state index is 0.104. The van der Waals surface area contributed by atoms with Crippen LogP contribution >= 0.6 is 11.9 Å². The predicted molar refractivity (Wildman–Crippen MR) is 54.6 cm³/mol. The highest BCUT2D eigenvalue weighted by atomic mass is 32.2. The molecular formula is C9H8N2OS. The maximum Gasteiger partial charge on any atom is 0.217 e. The second-order valence-corrected chi connectivity index (χ2v) is 3.62. The highest BCUT2D eigenvalue weighted by Gasteiger charge is 2.17. The van der Waals surface area contributed by atoms with Crippen LogP contribution < -0.4 is 5.73 Å². The second kappa shape index (κ2) is 3.22. The molecule has 0 spiro atoms. The molecule has 0 radical (unpaired) electrons. The molecule has 3 nitrogen and oxygen atoms in total. The highest BCUT2D eigenvalue weighted by Crippen LogP contribution is 2.21. The van der Waals surface area contributed by atoms with E-state index in [0.717, 1.165) is 28.9 Å². The van der Waals surface area contributed by atoms with Gasteiger partial charge in [0, 0.05) is 5.69 Å². The molecule has 0 bridgehead atoms. The molecule has 1 aromatic rings. The van der Waals surface area contributed by atoms with Gasteiger partial charge in [-0.3, -0.25) is 4.79 Å². The molecule has 0 fully saturated rings. The van der Waals surface area contributed by atoms with Crippen LogP contribution in [0.15, 0.2) is 28.7 Å². The molecule has 2 N–H and O–H groups in total. The van der Waals surface area contributed by atoms with Crippen molar-refractivity contribution in [2.24, 2.45) is 4.40 Å². The fourth-order valence-corrected chi connectivity index (χ4v) is 1.72. The average molecular weight is 192 g/mol. The molecule has 1 aromatic carbocycles. The van der Waals surface area contributed by atoms with Crippen LogP contribution in [0.2, 0.25) is 0 Å². The number of nitrogens with zero attached hydrogens (tertiary/aromatic N) is 1. The molecule has 0 atom stereocenters. The van der Waals surface area contributed by atoms with Gasteiger partial charge >= 0.3 is 0 Å². The standard InChI is InChI=1S/C9H8N2OS/c10-7-3-1-6(2-4-7)8-5-9(12)13-11-8/h1-4H,5,10H2. The molecule has 1 aliphatic rings. The number of nitrogens with two attached hydrogens (primary N) is 1. The number of carbonyl (C=O) groups excluding carboxylic acids is 1. The van der Waals surface area contributed by atoms with Gasteiger partial charge in [-0.2, -0.15) is 0 Å². The van der Waals surface area contributed by atoms with Crippen LogP contribution in [0.4, 0.5) is 5.69 Å². The summed E-state index contributed by atoms with van der Waals surface area (Å²) >= 11 is 1.02. The predicted octanol–water partition coefficient (Wildman–Crippen LogP) is 1.64. The molecule has 2 rings (SSSR count). The van der Waals surface area contributed by atoms with E-state index in [9.17, 15) is 4.79 Å². The fraction of sp³-hybridized carbons (Fsp3) is 0.111. The van der Waals surface area contributed by atoms with Crippen molar-refractivity contribution in [1.29, 1.82) is 0 Å². The van der Waals surface area contributed by atoms with Crippen molar-refractivity contribution >= 4 is 28.5 Å². The van der Waals surface area contributed by atoms with Gasteiger partial charge in [-0.05, 0) is 17.7 Å². The van der Waals surface area contributed by atoms with Gasteiger partial charge in [0.2, 0.25) is 5.12 Å². The quantitative estimate of drug-likeness (QED) is 0.543. The monoisotopic (exact) mass is 192 g/mol. The maximum absolute atomic E-state index is 10.9. The minimum Gasteiger partial charge on any atom is -0.399 e. The number of hydrogen-bond donors (Lipinski definition) is 1. The average Bonchev–Trinajstić information content (AvgIpc) is 2.53. The second-order valence-electron chi connectivity index (χ2n) is 2.80. The van der Waals surface area contributed by atoms with Crippen LogP contribution in [0.3, 0.4) is 0 Å². The van der Waals surface area contributed by atoms with E-state index in [4.69, 9.17) is 5.73 Å². The lowest BCUT2D eigenvalue weighted by Gasteiger charge is -1.98. The van der Waals surface area contributed by atoms with Crippen LogP contribution in [-0.4, -0.2) is 10.8 Å². The van der Waals surface area contributed by atoms with Crippen molar-refractivity contribution in [2.75, 3.05) is 5.73 Å². The third kappa shape index (κ3) is 1.72. The van der Waals surface area contributed by atoms with E-state index >= 15 is 0 Å². The van der Waals surface area contributed by atoms with E-state index in [2.05, 4.69) is 4.40 Å². The summed E-state index contributed by atoms with van der Waals surface area (Å²) < 4.78 is 4.06. The molecule has 66 valence electrons. The van der Waals surface area contributed by atoms with Gasteiger partial charge in [-0.15, -0.1) is 0 Å². The molecule has 0 aliphatic carbocycles. The molecule has 1 aliphatic heterocycles. The number of rotatable bonds is 1. The number of benzene rings is 1. The molecule has 0 unspecified atom stereocenters. The van der Waals surface area contributed by atoms with Crippen molar-refractivity contribution in [3.63, 3.8) is 0 Å². The summed E-state index contributed by atoms with van der Waals surface area (Å²) in [7, 11) is 0. The van der Waals surface area contributed by atoms with Crippen LogP contribution in [0.5, 0.6) is 0 Å². The molecule has 0 saturated carbocycles. The van der Waals surface area contributed by atoms with Crippen molar-refractivity contribution in [3.05, 3.63) is 29.8 Å². The number of anilines is 1. The first-order valence-corrected chi connectivity index (χ1v) is 4.65. The lowest BCUT2D eigenvalue weighted by Crippen LogP contribution is -1.99. The van der Waals surface area contributed by atoms with Gasteiger partial charge in [-0.1, -0.05) is 12.1 Å². The maximum atomic E-state index is 10.9. The lowest BCUT2D eigenvalue weighted by molar-refractivity contribution is -0.109. The van der Waals surface area contributed by atoms with Gasteiger partial charge in [0.05, 0.1) is 24.1 Å². The van der Waals surface area contributed by atoms with Crippen molar-refractivity contribution in [2.45, 2.75) is 6.42 Å². The van der Waals surface area contributed by atoms with Gasteiger partial charge < -0.3 is 5.73 Å². The highest BCUT2D eigenvalue weighted by molar-refractivity contribution is 8.13. The third-order valence-electron chi connectivity index (χ3n) is 1.81. The summed E-state index contributed by atoms with van der Waals surface area (Å²) in [5.41, 5.74) is 8.09. The van der Waals surface area contributed by atoms with Gasteiger partial charge in [0.25, 0.3) is 0 Å². The molecule has 4 heteroatoms. The topological polar surface area (TPSA) is 55.4 Å². The van der Waals surface area contributed by atoms with Crippen molar-refractivity contribution in [3.8, 4) is 0 Å². The number of carbonyl (C=O) groups is 1. The molecule has 0 saturated heterocycles. The zero-order valence-corrected chi connectivity index (χ0v) is 7.67. The minimum atomic E-state index is 0.104. The summed E-state index contributed by atoms with van der Waals surface area (Å²) in [5.74, 6) is 0. The molecule has 0 aromatic heterocycles. The Balaban J connectivity index is 2.27. The summed E-state index contributed by atoms with van der Waals surface area (Å²) in [6.45, 7) is 0. The van der Waals surface area contributed by atoms with E-state index in [1.54, 1.807) is 0 Å². The molecular weight excluding hydrogens is 184 g/mol. The van der Waals surface area contributed by atoms with Crippen LogP contribution in [-0.2, 0) is 4.79 Å². The molecule has 13 heavy (non-hydrogen) atoms. The van der Waals surface area contributed by atoms with Gasteiger partial charge in [0.15, 0.2) is 0 Å². The number of nitrogen functional groups attached to an aromatic ring is 1.